The van der Waals surface area contributed by atoms with Crippen LogP contribution in [-0.4, -0.2) is 51.0 Å². The summed E-state index contributed by atoms with van der Waals surface area (Å²) < 4.78 is 38.3. The second-order valence-corrected chi connectivity index (χ2v) is 8.92. The van der Waals surface area contributed by atoms with Gasteiger partial charge in [-0.3, -0.25) is 4.79 Å². The largest absolute Gasteiger partial charge is 0.489 e. The minimum absolute atomic E-state index is 0.0654. The van der Waals surface area contributed by atoms with Gasteiger partial charge in [0.1, 0.15) is 5.75 Å². The molecule has 3 rings (SSSR count). The Morgan fingerprint density at radius 1 is 1.17 bits per heavy atom. The Morgan fingerprint density at radius 2 is 1.83 bits per heavy atom. The maximum Gasteiger partial charge on any atom is 0.255 e. The van der Waals surface area contributed by atoms with Crippen LogP contribution in [0.2, 0.25) is 0 Å². The molecule has 1 N–H and O–H groups in total. The fraction of sp³-hybridized carbons (Fsp3) is 0.333. The standard InChI is InChI=1S/C21H23N3O5S/c1-15(2)29-20-8-7-18(30(26,27)24-9-11-28-12-10-24)13-19(20)23-21(25)17-5-3-16(14-22)4-6-17/h3-8,13,15H,9-12H2,1-2H3,(H,23,25). The van der Waals surface area contributed by atoms with Crippen LogP contribution >= 0.6 is 0 Å². The summed E-state index contributed by atoms with van der Waals surface area (Å²) in [6.45, 7) is 4.92. The molecule has 0 atom stereocenters. The monoisotopic (exact) mass is 429 g/mol. The number of hydrogen-bond acceptors (Lipinski definition) is 6. The lowest BCUT2D eigenvalue weighted by molar-refractivity contribution is 0.0730. The number of hydrogen-bond donors (Lipinski definition) is 1. The average molecular weight is 429 g/mol. The molecule has 1 saturated heterocycles. The molecule has 0 aromatic heterocycles. The van der Waals surface area contributed by atoms with Gasteiger partial charge in [0.15, 0.2) is 0 Å². The first-order chi connectivity index (χ1) is 14.3. The quantitative estimate of drug-likeness (QED) is 0.756. The van der Waals surface area contributed by atoms with Crippen molar-refractivity contribution in [2.24, 2.45) is 0 Å². The van der Waals surface area contributed by atoms with E-state index in [-0.39, 0.29) is 29.8 Å². The zero-order valence-electron chi connectivity index (χ0n) is 16.8. The predicted molar refractivity (Wildman–Crippen MR) is 111 cm³/mol. The van der Waals surface area contributed by atoms with E-state index in [4.69, 9.17) is 14.7 Å². The van der Waals surface area contributed by atoms with Crippen LogP contribution in [0.5, 0.6) is 5.75 Å². The summed E-state index contributed by atoms with van der Waals surface area (Å²) in [5.74, 6) is -0.0676. The van der Waals surface area contributed by atoms with Gasteiger partial charge in [0.2, 0.25) is 10.0 Å². The van der Waals surface area contributed by atoms with Gasteiger partial charge in [-0.25, -0.2) is 8.42 Å². The third-order valence-electron chi connectivity index (χ3n) is 4.45. The molecule has 0 aliphatic carbocycles. The number of anilines is 1. The first-order valence-corrected chi connectivity index (χ1v) is 11.0. The normalized spacial score (nSPS) is 14.9. The Kier molecular flexibility index (Phi) is 6.72. The molecule has 0 radical (unpaired) electrons. The molecular weight excluding hydrogens is 406 g/mol. The van der Waals surface area contributed by atoms with Gasteiger partial charge < -0.3 is 14.8 Å². The van der Waals surface area contributed by atoms with Crippen LogP contribution in [0, 0.1) is 11.3 Å². The summed E-state index contributed by atoms with van der Waals surface area (Å²) in [7, 11) is -3.73. The van der Waals surface area contributed by atoms with Crippen molar-refractivity contribution in [2.75, 3.05) is 31.6 Å². The molecule has 1 amide bonds. The van der Waals surface area contributed by atoms with E-state index in [0.29, 0.717) is 30.1 Å². The second-order valence-electron chi connectivity index (χ2n) is 6.98. The van der Waals surface area contributed by atoms with Gasteiger partial charge in [0.25, 0.3) is 5.91 Å². The second kappa shape index (κ2) is 9.26. The van der Waals surface area contributed by atoms with E-state index in [1.807, 2.05) is 19.9 Å². The van der Waals surface area contributed by atoms with Crippen molar-refractivity contribution in [1.82, 2.24) is 4.31 Å². The van der Waals surface area contributed by atoms with Gasteiger partial charge in [-0.15, -0.1) is 0 Å². The highest BCUT2D eigenvalue weighted by molar-refractivity contribution is 7.89. The average Bonchev–Trinajstić information content (AvgIpc) is 2.75. The summed E-state index contributed by atoms with van der Waals surface area (Å²) in [4.78, 5) is 12.8. The number of rotatable bonds is 6. The minimum atomic E-state index is -3.73. The number of carbonyl (C=O) groups excluding carboxylic acids is 1. The molecule has 0 bridgehead atoms. The van der Waals surface area contributed by atoms with E-state index in [1.54, 1.807) is 18.2 Å². The molecule has 1 aliphatic rings. The van der Waals surface area contributed by atoms with Gasteiger partial charge >= 0.3 is 0 Å². The lowest BCUT2D eigenvalue weighted by Gasteiger charge is -2.26. The first kappa shape index (κ1) is 21.8. The van der Waals surface area contributed by atoms with Crippen molar-refractivity contribution < 1.29 is 22.7 Å². The molecule has 2 aromatic rings. The number of nitriles is 1. The van der Waals surface area contributed by atoms with E-state index in [9.17, 15) is 13.2 Å². The molecular formula is C21H23N3O5S. The number of benzene rings is 2. The van der Waals surface area contributed by atoms with Crippen LogP contribution in [0.4, 0.5) is 5.69 Å². The molecule has 9 heteroatoms. The Labute approximate surface area is 176 Å². The maximum atomic E-state index is 13.0. The number of morpholine rings is 1. The van der Waals surface area contributed by atoms with Crippen molar-refractivity contribution in [3.05, 3.63) is 53.6 Å². The van der Waals surface area contributed by atoms with Crippen LogP contribution < -0.4 is 10.1 Å². The number of carbonyl (C=O) groups is 1. The molecule has 2 aromatic carbocycles. The van der Waals surface area contributed by atoms with E-state index >= 15 is 0 Å². The van der Waals surface area contributed by atoms with E-state index in [0.717, 1.165) is 0 Å². The highest BCUT2D eigenvalue weighted by atomic mass is 32.2. The fourth-order valence-electron chi connectivity index (χ4n) is 2.95. The Hall–Kier alpha value is -2.93. The third kappa shape index (κ3) is 4.97. The summed E-state index contributed by atoms with van der Waals surface area (Å²) in [6.07, 6.45) is -0.169. The lowest BCUT2D eigenvalue weighted by Crippen LogP contribution is -2.40. The van der Waals surface area contributed by atoms with Crippen molar-refractivity contribution in [3.8, 4) is 11.8 Å². The summed E-state index contributed by atoms with van der Waals surface area (Å²) in [5, 5.41) is 11.6. The summed E-state index contributed by atoms with van der Waals surface area (Å²) >= 11 is 0. The van der Waals surface area contributed by atoms with Crippen molar-refractivity contribution in [2.45, 2.75) is 24.8 Å². The number of amides is 1. The molecule has 1 aliphatic heterocycles. The molecule has 1 fully saturated rings. The van der Waals surface area contributed by atoms with Crippen LogP contribution in [-0.2, 0) is 14.8 Å². The Balaban J connectivity index is 1.92. The van der Waals surface area contributed by atoms with E-state index in [2.05, 4.69) is 5.32 Å². The van der Waals surface area contributed by atoms with Crippen molar-refractivity contribution >= 4 is 21.6 Å². The Bertz CT molecular complexity index is 1050. The smallest absolute Gasteiger partial charge is 0.255 e. The molecule has 30 heavy (non-hydrogen) atoms. The maximum absolute atomic E-state index is 13.0. The highest BCUT2D eigenvalue weighted by Crippen LogP contribution is 2.30. The number of sulfonamides is 1. The molecule has 1 heterocycles. The van der Waals surface area contributed by atoms with Gasteiger partial charge in [0, 0.05) is 18.7 Å². The van der Waals surface area contributed by atoms with Crippen molar-refractivity contribution in [3.63, 3.8) is 0 Å². The summed E-state index contributed by atoms with van der Waals surface area (Å²) in [6, 6.07) is 12.6. The van der Waals surface area contributed by atoms with Gasteiger partial charge in [0.05, 0.1) is 41.5 Å². The number of nitrogens with one attached hydrogen (secondary N) is 1. The lowest BCUT2D eigenvalue weighted by atomic mass is 10.1. The first-order valence-electron chi connectivity index (χ1n) is 9.51. The van der Waals surface area contributed by atoms with Crippen LogP contribution in [0.3, 0.4) is 0 Å². The minimum Gasteiger partial charge on any atom is -0.489 e. The van der Waals surface area contributed by atoms with Crippen molar-refractivity contribution in [1.29, 1.82) is 5.26 Å². The topological polar surface area (TPSA) is 109 Å². The van der Waals surface area contributed by atoms with Crippen LogP contribution in [0.1, 0.15) is 29.8 Å². The SMILES string of the molecule is CC(C)Oc1ccc(S(=O)(=O)N2CCOCC2)cc1NC(=O)c1ccc(C#N)cc1. The van der Waals surface area contributed by atoms with Crippen LogP contribution in [0.15, 0.2) is 47.4 Å². The molecule has 0 spiro atoms. The highest BCUT2D eigenvalue weighted by Gasteiger charge is 2.27. The van der Waals surface area contributed by atoms with E-state index < -0.39 is 15.9 Å². The number of ether oxygens (including phenoxy) is 2. The van der Waals surface area contributed by atoms with E-state index in [1.165, 1.54) is 28.6 Å². The zero-order valence-corrected chi connectivity index (χ0v) is 17.6. The van der Waals surface area contributed by atoms with Gasteiger partial charge in [-0.2, -0.15) is 9.57 Å². The molecule has 0 unspecified atom stereocenters. The summed E-state index contributed by atoms with van der Waals surface area (Å²) in [5.41, 5.74) is 1.03. The van der Waals surface area contributed by atoms with Crippen LogP contribution in [0.25, 0.3) is 0 Å². The molecule has 8 nitrogen and oxygen atoms in total. The predicted octanol–water partition coefficient (Wildman–Crippen LogP) is 2.62. The third-order valence-corrected chi connectivity index (χ3v) is 6.34. The molecule has 158 valence electrons. The molecule has 0 saturated carbocycles. The Morgan fingerprint density at radius 3 is 2.43 bits per heavy atom. The van der Waals surface area contributed by atoms with Gasteiger partial charge in [-0.1, -0.05) is 0 Å². The fourth-order valence-corrected chi connectivity index (χ4v) is 4.39. The van der Waals surface area contributed by atoms with Gasteiger partial charge in [-0.05, 0) is 56.3 Å². The zero-order chi connectivity index (χ0) is 21.7. The number of nitrogens with zero attached hydrogens (tertiary/aromatic N) is 2.